The maximum atomic E-state index is 13.7. The van der Waals surface area contributed by atoms with Gasteiger partial charge < -0.3 is 58.1 Å². The second-order valence-corrected chi connectivity index (χ2v) is 13.7. The maximum absolute atomic E-state index is 13.7. The summed E-state index contributed by atoms with van der Waals surface area (Å²) in [6.07, 6.45) is 3.41. The molecule has 0 aliphatic carbocycles. The summed E-state index contributed by atoms with van der Waals surface area (Å²) in [4.78, 5) is 99.6. The predicted molar refractivity (Wildman–Crippen MR) is 194 cm³/mol. The van der Waals surface area contributed by atoms with Gasteiger partial charge in [0.2, 0.25) is 35.4 Å². The van der Waals surface area contributed by atoms with Gasteiger partial charge in [0.15, 0.2) is 5.96 Å². The van der Waals surface area contributed by atoms with Gasteiger partial charge in [0.05, 0.1) is 19.2 Å². The van der Waals surface area contributed by atoms with E-state index in [0.29, 0.717) is 70.1 Å². The number of aliphatic carboxylic acids is 1. The highest BCUT2D eigenvalue weighted by molar-refractivity contribution is 5.96. The van der Waals surface area contributed by atoms with Gasteiger partial charge in [0, 0.05) is 32.6 Å². The van der Waals surface area contributed by atoms with Crippen molar-refractivity contribution in [2.45, 2.75) is 94.0 Å². The normalized spacial score (nSPS) is 21.1. The van der Waals surface area contributed by atoms with Crippen molar-refractivity contribution < 1.29 is 43.8 Å². The lowest BCUT2D eigenvalue weighted by atomic mass is 10.0. The average Bonchev–Trinajstić information content (AvgIpc) is 3.95. The molecule has 4 rings (SSSR count). The Morgan fingerprint density at radius 2 is 1.43 bits per heavy atom. The number of carboxylic acids is 1. The summed E-state index contributed by atoms with van der Waals surface area (Å²) in [6, 6.07) is 2.47. The number of hydrogen-bond donors (Lipinski definition) is 8. The van der Waals surface area contributed by atoms with Crippen molar-refractivity contribution in [3.63, 3.8) is 0 Å². The molecular formula is C35H52N10O9. The number of rotatable bonds is 17. The molecule has 19 nitrogen and oxygen atoms in total. The number of benzene rings is 1. The van der Waals surface area contributed by atoms with Gasteiger partial charge in [0.1, 0.15) is 30.2 Å². The fraction of sp³-hybridized carbons (Fsp3) is 0.600. The largest absolute Gasteiger partial charge is 0.480 e. The Hall–Kier alpha value is -5.30. The highest BCUT2D eigenvalue weighted by Gasteiger charge is 2.43. The summed E-state index contributed by atoms with van der Waals surface area (Å²) in [5.74, 6) is -4.83. The van der Waals surface area contributed by atoms with Crippen molar-refractivity contribution in [2.24, 2.45) is 22.2 Å². The second kappa shape index (κ2) is 19.7. The maximum Gasteiger partial charge on any atom is 0.326 e. The highest BCUT2D eigenvalue weighted by Crippen LogP contribution is 2.26. The number of carboxylic acid groups (broad SMARTS) is 1. The van der Waals surface area contributed by atoms with Crippen LogP contribution in [0.4, 0.5) is 0 Å². The van der Waals surface area contributed by atoms with Gasteiger partial charge in [-0.05, 0) is 56.9 Å². The zero-order chi connectivity index (χ0) is 39.4. The molecule has 3 saturated heterocycles. The van der Waals surface area contributed by atoms with Gasteiger partial charge in [0.25, 0.3) is 0 Å². The van der Waals surface area contributed by atoms with E-state index < -0.39 is 79.0 Å². The Bertz CT molecular complexity index is 1560. The van der Waals surface area contributed by atoms with Crippen molar-refractivity contribution in [2.75, 3.05) is 39.3 Å². The fourth-order valence-electron chi connectivity index (χ4n) is 7.17. The Morgan fingerprint density at radius 3 is 2.06 bits per heavy atom. The molecular weight excluding hydrogens is 704 g/mol. The number of amides is 6. The molecule has 19 heteroatoms. The van der Waals surface area contributed by atoms with Gasteiger partial charge in [-0.25, -0.2) is 4.79 Å². The number of guanidine groups is 1. The molecule has 1 aromatic carbocycles. The molecule has 11 N–H and O–H groups in total. The number of nitrogens with one attached hydrogen (secondary N) is 3. The summed E-state index contributed by atoms with van der Waals surface area (Å²) in [7, 11) is 0. The number of aliphatic hydroxyl groups is 1. The minimum atomic E-state index is -1.45. The smallest absolute Gasteiger partial charge is 0.326 e. The summed E-state index contributed by atoms with van der Waals surface area (Å²) in [5, 5.41) is 27.1. The van der Waals surface area contributed by atoms with E-state index in [1.807, 2.05) is 0 Å². The number of aliphatic imine (C=N–C) groups is 1. The molecule has 6 amide bonds. The lowest BCUT2D eigenvalue weighted by molar-refractivity contribution is -0.150. The zero-order valence-corrected chi connectivity index (χ0v) is 30.2. The van der Waals surface area contributed by atoms with Crippen LogP contribution in [0.2, 0.25) is 0 Å². The quantitative estimate of drug-likeness (QED) is 0.0442. The van der Waals surface area contributed by atoms with Gasteiger partial charge in [-0.15, -0.1) is 0 Å². The van der Waals surface area contributed by atoms with Crippen LogP contribution < -0.4 is 33.2 Å². The monoisotopic (exact) mass is 756 g/mol. The first-order valence-electron chi connectivity index (χ1n) is 18.3. The van der Waals surface area contributed by atoms with Crippen molar-refractivity contribution in [3.05, 3.63) is 35.9 Å². The molecule has 0 unspecified atom stereocenters. The molecule has 3 aliphatic heterocycles. The summed E-state index contributed by atoms with van der Waals surface area (Å²) < 4.78 is 0. The molecule has 296 valence electrons. The van der Waals surface area contributed by atoms with Crippen LogP contribution in [0.15, 0.2) is 35.3 Å². The lowest BCUT2D eigenvalue weighted by Crippen LogP contribution is -2.58. The molecule has 0 aromatic heterocycles. The van der Waals surface area contributed by atoms with Gasteiger partial charge >= 0.3 is 5.97 Å². The van der Waals surface area contributed by atoms with Crippen LogP contribution in [0.3, 0.4) is 0 Å². The van der Waals surface area contributed by atoms with E-state index >= 15 is 0 Å². The molecule has 3 aliphatic rings. The molecule has 1 aromatic rings. The van der Waals surface area contributed by atoms with E-state index in [2.05, 4.69) is 20.9 Å². The SMILES string of the molecule is NC(N)=NCCC[C@H](N)C(=O)N1CCC[C@H]1C(=O)N1CCC[C@H]1C(=O)NCC(=O)N[C@H](Cc1ccccc1)C(=O)N[C@H](CO)C(=O)N1CCC[C@H]1C(=O)O. The van der Waals surface area contributed by atoms with Gasteiger partial charge in [-0.2, -0.15) is 0 Å². The predicted octanol–water partition coefficient (Wildman–Crippen LogP) is -3.25. The number of likely N-dealkylation sites (tertiary alicyclic amines) is 3. The van der Waals surface area contributed by atoms with E-state index in [1.165, 1.54) is 9.80 Å². The van der Waals surface area contributed by atoms with E-state index in [-0.39, 0.29) is 37.2 Å². The second-order valence-electron chi connectivity index (χ2n) is 13.7. The van der Waals surface area contributed by atoms with E-state index in [9.17, 15) is 43.8 Å². The summed E-state index contributed by atoms with van der Waals surface area (Å²) in [5.41, 5.74) is 17.5. The van der Waals surface area contributed by atoms with Gasteiger partial charge in [-0.3, -0.25) is 33.8 Å². The number of carbonyl (C=O) groups excluding carboxylic acids is 6. The average molecular weight is 757 g/mol. The van der Waals surface area contributed by atoms with Crippen molar-refractivity contribution in [3.8, 4) is 0 Å². The van der Waals surface area contributed by atoms with E-state index in [1.54, 1.807) is 30.3 Å². The van der Waals surface area contributed by atoms with Crippen molar-refractivity contribution in [1.82, 2.24) is 30.7 Å². The van der Waals surface area contributed by atoms with Crippen LogP contribution in [0, 0.1) is 0 Å². The molecule has 0 saturated carbocycles. The molecule has 54 heavy (non-hydrogen) atoms. The van der Waals surface area contributed by atoms with Crippen molar-refractivity contribution >= 4 is 47.4 Å². The first-order valence-corrected chi connectivity index (χ1v) is 18.3. The molecule has 3 fully saturated rings. The zero-order valence-electron chi connectivity index (χ0n) is 30.2. The third kappa shape index (κ3) is 10.9. The third-order valence-corrected chi connectivity index (χ3v) is 9.92. The first kappa shape index (κ1) is 41.5. The molecule has 0 radical (unpaired) electrons. The van der Waals surface area contributed by atoms with Crippen LogP contribution in [0.25, 0.3) is 0 Å². The van der Waals surface area contributed by atoms with Crippen molar-refractivity contribution in [1.29, 1.82) is 0 Å². The molecule has 0 spiro atoms. The van der Waals surface area contributed by atoms with E-state index in [0.717, 1.165) is 4.90 Å². The summed E-state index contributed by atoms with van der Waals surface area (Å²) >= 11 is 0. The third-order valence-electron chi connectivity index (χ3n) is 9.92. The number of aliphatic hydroxyl groups excluding tert-OH is 1. The first-order chi connectivity index (χ1) is 25.8. The molecule has 0 bridgehead atoms. The Kier molecular flexibility index (Phi) is 15.1. The lowest BCUT2D eigenvalue weighted by Gasteiger charge is -2.32. The Balaban J connectivity index is 1.35. The summed E-state index contributed by atoms with van der Waals surface area (Å²) in [6.45, 7) is -0.212. The topological polar surface area (TPSA) is 296 Å². The Labute approximate surface area is 313 Å². The minimum absolute atomic E-state index is 0.00159. The minimum Gasteiger partial charge on any atom is -0.480 e. The van der Waals surface area contributed by atoms with Gasteiger partial charge in [-0.1, -0.05) is 30.3 Å². The van der Waals surface area contributed by atoms with Crippen LogP contribution in [-0.4, -0.2) is 148 Å². The van der Waals surface area contributed by atoms with E-state index in [4.69, 9.17) is 17.2 Å². The molecule has 3 heterocycles. The highest BCUT2D eigenvalue weighted by atomic mass is 16.4. The Morgan fingerprint density at radius 1 is 0.815 bits per heavy atom. The number of carbonyl (C=O) groups is 7. The van der Waals surface area contributed by atoms with Crippen LogP contribution in [0.1, 0.15) is 56.9 Å². The number of nitrogens with zero attached hydrogens (tertiary/aromatic N) is 4. The van der Waals surface area contributed by atoms with Crippen LogP contribution in [0.5, 0.6) is 0 Å². The standard InChI is InChI=1S/C35H52N10O9/c36-22(10-4-14-39-35(37)38)31(50)44-16-6-12-26(44)33(52)43-15-5-11-25(43)30(49)40-19-28(47)41-23(18-21-8-2-1-3-9-21)29(48)42-24(20-46)32(51)45-17-7-13-27(45)34(53)54/h1-3,8-9,22-27,46H,4-7,10-20,36H2,(H,40,49)(H,41,47)(H,42,48)(H,53,54)(H4,37,38,39)/t22-,23+,24+,25-,26-,27-/m0/s1. The van der Waals surface area contributed by atoms with Crippen LogP contribution in [-0.2, 0) is 40.0 Å². The fourth-order valence-corrected chi connectivity index (χ4v) is 7.17. The molecule has 6 atom stereocenters. The number of hydrogen-bond acceptors (Lipinski definition) is 10. The van der Waals surface area contributed by atoms with Crippen LogP contribution >= 0.6 is 0 Å². The number of nitrogens with two attached hydrogens (primary N) is 3.